The molecule has 3 amide bonds. The summed E-state index contributed by atoms with van der Waals surface area (Å²) < 4.78 is 0. The van der Waals surface area contributed by atoms with Gasteiger partial charge in [-0.2, -0.15) is 0 Å². The Kier molecular flexibility index (Phi) is 7.20. The molecule has 1 N–H and O–H groups in total. The Balaban J connectivity index is 1.64. The van der Waals surface area contributed by atoms with Crippen LogP contribution in [0, 0.1) is 0 Å². The van der Waals surface area contributed by atoms with Crippen molar-refractivity contribution in [3.05, 3.63) is 87.6 Å². The highest BCUT2D eigenvalue weighted by Gasteiger charge is 2.16. The van der Waals surface area contributed by atoms with Crippen LogP contribution in [0.25, 0.3) is 0 Å². The molecule has 2 aromatic carbocycles. The number of anilines is 1. The van der Waals surface area contributed by atoms with Crippen LogP contribution in [0.2, 0.25) is 0 Å². The van der Waals surface area contributed by atoms with Crippen LogP contribution >= 0.6 is 11.3 Å². The third-order valence-electron chi connectivity index (χ3n) is 4.78. The molecule has 0 aliphatic heterocycles. The summed E-state index contributed by atoms with van der Waals surface area (Å²) in [5.74, 6) is -0.311. The van der Waals surface area contributed by atoms with E-state index in [1.807, 2.05) is 30.5 Å². The molecule has 0 radical (unpaired) electrons. The van der Waals surface area contributed by atoms with Crippen molar-refractivity contribution in [1.29, 1.82) is 0 Å². The normalized spacial score (nSPS) is 10.4. The minimum Gasteiger partial charge on any atom is -0.345 e. The van der Waals surface area contributed by atoms with E-state index in [1.165, 1.54) is 16.2 Å². The summed E-state index contributed by atoms with van der Waals surface area (Å²) in [5.41, 5.74) is 2.75. The molecular weight excluding hydrogens is 410 g/mol. The van der Waals surface area contributed by atoms with Crippen LogP contribution in [0.1, 0.15) is 42.9 Å². The van der Waals surface area contributed by atoms with Crippen molar-refractivity contribution in [3.8, 4) is 0 Å². The Labute approximate surface area is 186 Å². The summed E-state index contributed by atoms with van der Waals surface area (Å²) in [5, 5.41) is 4.68. The third kappa shape index (κ3) is 5.58. The second-order valence-electron chi connectivity index (χ2n) is 7.22. The summed E-state index contributed by atoms with van der Waals surface area (Å²) in [6.07, 6.45) is 0. The van der Waals surface area contributed by atoms with Crippen LogP contribution in [0.3, 0.4) is 0 Å². The Bertz CT molecular complexity index is 1040. The lowest BCUT2D eigenvalue weighted by atomic mass is 10.1. The molecule has 1 heterocycles. The van der Waals surface area contributed by atoms with E-state index in [9.17, 15) is 14.4 Å². The number of nitrogens with zero attached hydrogens (tertiary/aromatic N) is 2. The van der Waals surface area contributed by atoms with Gasteiger partial charge in [0.05, 0.1) is 4.88 Å². The molecule has 0 spiro atoms. The maximum absolute atomic E-state index is 12.9. The molecule has 160 valence electrons. The lowest BCUT2D eigenvalue weighted by Gasteiger charge is -2.21. The maximum atomic E-state index is 12.9. The zero-order valence-electron chi connectivity index (χ0n) is 17.8. The Morgan fingerprint density at radius 1 is 0.871 bits per heavy atom. The van der Waals surface area contributed by atoms with Gasteiger partial charge < -0.3 is 15.1 Å². The van der Waals surface area contributed by atoms with Crippen molar-refractivity contribution in [1.82, 2.24) is 9.80 Å². The molecule has 7 heteroatoms. The molecule has 0 bridgehead atoms. The lowest BCUT2D eigenvalue weighted by Crippen LogP contribution is -2.30. The molecule has 31 heavy (non-hydrogen) atoms. The van der Waals surface area contributed by atoms with E-state index in [4.69, 9.17) is 0 Å². The van der Waals surface area contributed by atoms with E-state index in [2.05, 4.69) is 5.32 Å². The zero-order valence-corrected chi connectivity index (χ0v) is 18.6. The monoisotopic (exact) mass is 435 g/mol. The molecular formula is C24H25N3O3S. The Morgan fingerprint density at radius 3 is 2.03 bits per heavy atom. The standard InChI is InChI=1S/C24H25N3O3S/c1-4-27(16-17-7-9-18(10-8-17)23(29)26(2)3)24(30)19-11-13-20(14-12-19)25-22(28)21-6-5-15-31-21/h5-15H,4,16H2,1-3H3,(H,25,28). The van der Waals surface area contributed by atoms with Gasteiger partial charge in [-0.1, -0.05) is 18.2 Å². The number of nitrogens with one attached hydrogen (secondary N) is 1. The molecule has 0 unspecified atom stereocenters. The van der Waals surface area contributed by atoms with Gasteiger partial charge in [0.15, 0.2) is 0 Å². The van der Waals surface area contributed by atoms with Gasteiger partial charge in [0.25, 0.3) is 17.7 Å². The fraction of sp³-hybridized carbons (Fsp3) is 0.208. The van der Waals surface area contributed by atoms with Crippen molar-refractivity contribution in [2.45, 2.75) is 13.5 Å². The van der Waals surface area contributed by atoms with E-state index >= 15 is 0 Å². The van der Waals surface area contributed by atoms with Gasteiger partial charge in [-0.05, 0) is 60.3 Å². The van der Waals surface area contributed by atoms with Crippen LogP contribution in [0.5, 0.6) is 0 Å². The number of hydrogen-bond acceptors (Lipinski definition) is 4. The van der Waals surface area contributed by atoms with Gasteiger partial charge in [-0.3, -0.25) is 14.4 Å². The molecule has 0 aliphatic carbocycles. The average Bonchev–Trinajstić information content (AvgIpc) is 3.32. The van der Waals surface area contributed by atoms with Crippen molar-refractivity contribution >= 4 is 34.7 Å². The molecule has 0 saturated heterocycles. The number of benzene rings is 2. The van der Waals surface area contributed by atoms with Gasteiger partial charge in [0.1, 0.15) is 0 Å². The molecule has 0 atom stereocenters. The van der Waals surface area contributed by atoms with Gasteiger partial charge in [0.2, 0.25) is 0 Å². The van der Waals surface area contributed by atoms with Crippen molar-refractivity contribution in [2.75, 3.05) is 26.0 Å². The number of amides is 3. The van der Waals surface area contributed by atoms with Crippen LogP contribution in [0.15, 0.2) is 66.0 Å². The highest BCUT2D eigenvalue weighted by Crippen LogP contribution is 2.17. The van der Waals surface area contributed by atoms with Gasteiger partial charge >= 0.3 is 0 Å². The molecule has 0 fully saturated rings. The minimum atomic E-state index is -0.166. The van der Waals surface area contributed by atoms with Gasteiger partial charge in [-0.25, -0.2) is 0 Å². The highest BCUT2D eigenvalue weighted by molar-refractivity contribution is 7.12. The van der Waals surface area contributed by atoms with E-state index in [0.29, 0.717) is 34.8 Å². The van der Waals surface area contributed by atoms with Crippen LogP contribution < -0.4 is 5.32 Å². The number of hydrogen-bond donors (Lipinski definition) is 1. The number of carbonyl (C=O) groups excluding carboxylic acids is 3. The second-order valence-corrected chi connectivity index (χ2v) is 8.17. The summed E-state index contributed by atoms with van der Waals surface area (Å²) >= 11 is 1.38. The fourth-order valence-electron chi connectivity index (χ4n) is 3.04. The summed E-state index contributed by atoms with van der Waals surface area (Å²) in [4.78, 5) is 41.0. The van der Waals surface area contributed by atoms with E-state index in [1.54, 1.807) is 61.5 Å². The smallest absolute Gasteiger partial charge is 0.265 e. The Morgan fingerprint density at radius 2 is 1.48 bits per heavy atom. The largest absolute Gasteiger partial charge is 0.345 e. The molecule has 0 aliphatic rings. The number of rotatable bonds is 7. The van der Waals surface area contributed by atoms with E-state index in [0.717, 1.165) is 5.56 Å². The predicted molar refractivity (Wildman–Crippen MR) is 124 cm³/mol. The minimum absolute atomic E-state index is 0.0544. The van der Waals surface area contributed by atoms with Crippen molar-refractivity contribution in [2.24, 2.45) is 0 Å². The van der Waals surface area contributed by atoms with Crippen molar-refractivity contribution in [3.63, 3.8) is 0 Å². The molecule has 0 saturated carbocycles. The lowest BCUT2D eigenvalue weighted by molar-refractivity contribution is 0.0751. The SMILES string of the molecule is CCN(Cc1ccc(C(=O)N(C)C)cc1)C(=O)c1ccc(NC(=O)c2cccs2)cc1. The summed E-state index contributed by atoms with van der Waals surface area (Å²) in [6, 6.07) is 17.8. The maximum Gasteiger partial charge on any atom is 0.265 e. The first-order chi connectivity index (χ1) is 14.9. The Hall–Kier alpha value is -3.45. The highest BCUT2D eigenvalue weighted by atomic mass is 32.1. The topological polar surface area (TPSA) is 69.7 Å². The van der Waals surface area contributed by atoms with Crippen LogP contribution in [-0.2, 0) is 6.54 Å². The second kappa shape index (κ2) is 10.0. The molecule has 1 aromatic heterocycles. The number of carbonyl (C=O) groups is 3. The van der Waals surface area contributed by atoms with Crippen LogP contribution in [-0.4, -0.2) is 48.2 Å². The molecule has 6 nitrogen and oxygen atoms in total. The first-order valence-electron chi connectivity index (χ1n) is 9.94. The summed E-state index contributed by atoms with van der Waals surface area (Å²) in [6.45, 7) is 2.92. The number of thiophene rings is 1. The van der Waals surface area contributed by atoms with E-state index < -0.39 is 0 Å². The average molecular weight is 436 g/mol. The quantitative estimate of drug-likeness (QED) is 0.599. The van der Waals surface area contributed by atoms with Crippen LogP contribution in [0.4, 0.5) is 5.69 Å². The van der Waals surface area contributed by atoms with Gasteiger partial charge in [-0.15, -0.1) is 11.3 Å². The molecule has 3 aromatic rings. The van der Waals surface area contributed by atoms with Gasteiger partial charge in [0, 0.05) is 44.0 Å². The fourth-order valence-corrected chi connectivity index (χ4v) is 3.66. The zero-order chi connectivity index (χ0) is 22.4. The summed E-state index contributed by atoms with van der Waals surface area (Å²) in [7, 11) is 3.43. The molecule has 3 rings (SSSR count). The first kappa shape index (κ1) is 22.2. The van der Waals surface area contributed by atoms with E-state index in [-0.39, 0.29) is 17.7 Å². The predicted octanol–water partition coefficient (Wildman–Crippen LogP) is 4.36. The first-order valence-corrected chi connectivity index (χ1v) is 10.8. The van der Waals surface area contributed by atoms with Crippen molar-refractivity contribution < 1.29 is 14.4 Å². The third-order valence-corrected chi connectivity index (χ3v) is 5.65.